The highest BCUT2D eigenvalue weighted by Gasteiger charge is 2.11. The van der Waals surface area contributed by atoms with Gasteiger partial charge in [0.2, 0.25) is 0 Å². The summed E-state index contributed by atoms with van der Waals surface area (Å²) in [6, 6.07) is 6.45. The van der Waals surface area contributed by atoms with Crippen molar-refractivity contribution in [1.82, 2.24) is 0 Å². The van der Waals surface area contributed by atoms with E-state index in [1.165, 1.54) is 0 Å². The zero-order valence-corrected chi connectivity index (χ0v) is 12.1. The van der Waals surface area contributed by atoms with Crippen LogP contribution in [-0.4, -0.2) is 20.4 Å². The molecule has 0 spiro atoms. The molecule has 0 saturated heterocycles. The Morgan fingerprint density at radius 2 is 0.955 bits per heavy atom. The summed E-state index contributed by atoms with van der Waals surface area (Å²) in [7, 11) is 0. The molecule has 6 heteroatoms. The minimum Gasteiger partial charge on any atom is -0.504 e. The van der Waals surface area contributed by atoms with Crippen LogP contribution in [0.3, 0.4) is 0 Å². The van der Waals surface area contributed by atoms with Gasteiger partial charge in [0.25, 0.3) is 0 Å². The molecule has 0 unspecified atom stereocenters. The van der Waals surface area contributed by atoms with Crippen LogP contribution in [0.25, 0.3) is 0 Å². The molecule has 0 fully saturated rings. The Kier molecular flexibility index (Phi) is 4.50. The average molecular weight is 304 g/mol. The van der Waals surface area contributed by atoms with Gasteiger partial charge in [0.05, 0.1) is 11.4 Å². The molecule has 0 saturated carbocycles. The summed E-state index contributed by atoms with van der Waals surface area (Å²) < 4.78 is 0. The number of phenolic OH excluding ortho intramolecular Hbond substituents is 4. The topological polar surface area (TPSA) is 133 Å². The number of benzene rings is 2. The Hall–Kier alpha value is -2.76. The van der Waals surface area contributed by atoms with Crippen molar-refractivity contribution in [3.63, 3.8) is 0 Å². The first-order chi connectivity index (χ1) is 10.4. The second-order valence-corrected chi connectivity index (χ2v) is 5.23. The molecule has 8 N–H and O–H groups in total. The quantitative estimate of drug-likeness (QED) is 0.285. The molecule has 2 aromatic rings. The number of rotatable bonds is 5. The molecule has 0 atom stereocenters. The fourth-order valence-electron chi connectivity index (χ4n) is 2.31. The van der Waals surface area contributed by atoms with Crippen molar-refractivity contribution in [3.8, 4) is 23.0 Å². The maximum atomic E-state index is 9.79. The van der Waals surface area contributed by atoms with Crippen molar-refractivity contribution in [3.05, 3.63) is 35.4 Å². The third kappa shape index (κ3) is 3.11. The molecule has 0 aliphatic rings. The Morgan fingerprint density at radius 3 is 1.32 bits per heavy atom. The first-order valence-electron chi connectivity index (χ1n) is 7.00. The molecule has 2 aromatic carbocycles. The van der Waals surface area contributed by atoms with E-state index >= 15 is 0 Å². The Balaban J connectivity index is 1.93. The second-order valence-electron chi connectivity index (χ2n) is 5.23. The summed E-state index contributed by atoms with van der Waals surface area (Å²) in [4.78, 5) is 0. The van der Waals surface area contributed by atoms with Gasteiger partial charge >= 0.3 is 0 Å². The smallest absolute Gasteiger partial charge is 0.181 e. The standard InChI is InChI=1S/C16H20N2O4/c17-11-7-5-9(13(19)15(11)21)3-1-2-4-10-6-8-12(18)16(22)14(10)20/h5-8,19-22H,1-4,17-18H2. The van der Waals surface area contributed by atoms with Crippen molar-refractivity contribution in [2.24, 2.45) is 0 Å². The normalized spacial score (nSPS) is 10.7. The number of nitrogen functional groups attached to an aromatic ring is 2. The van der Waals surface area contributed by atoms with E-state index in [0.29, 0.717) is 24.0 Å². The molecule has 22 heavy (non-hydrogen) atoms. The number of phenols is 4. The van der Waals surface area contributed by atoms with Crippen LogP contribution in [0.4, 0.5) is 11.4 Å². The van der Waals surface area contributed by atoms with Gasteiger partial charge in [-0.15, -0.1) is 0 Å². The van der Waals surface area contributed by atoms with Crippen LogP contribution in [0.5, 0.6) is 23.0 Å². The lowest BCUT2D eigenvalue weighted by Gasteiger charge is -2.10. The van der Waals surface area contributed by atoms with Crippen LogP contribution in [-0.2, 0) is 12.8 Å². The fraction of sp³-hybridized carbons (Fsp3) is 0.250. The highest BCUT2D eigenvalue weighted by Crippen LogP contribution is 2.36. The molecule has 0 bridgehead atoms. The van der Waals surface area contributed by atoms with Crippen molar-refractivity contribution in [2.75, 3.05) is 11.5 Å². The van der Waals surface area contributed by atoms with Crippen molar-refractivity contribution in [2.45, 2.75) is 25.7 Å². The van der Waals surface area contributed by atoms with E-state index in [9.17, 15) is 20.4 Å². The van der Waals surface area contributed by atoms with Gasteiger partial charge in [-0.2, -0.15) is 0 Å². The summed E-state index contributed by atoms with van der Waals surface area (Å²) in [5.74, 6) is -0.960. The minimum absolute atomic E-state index is 0.142. The highest BCUT2D eigenvalue weighted by molar-refractivity contribution is 5.62. The summed E-state index contributed by atoms with van der Waals surface area (Å²) in [6.45, 7) is 0. The van der Waals surface area contributed by atoms with E-state index in [-0.39, 0.29) is 34.4 Å². The van der Waals surface area contributed by atoms with Gasteiger partial charge in [-0.05, 0) is 48.9 Å². The van der Waals surface area contributed by atoms with Crippen molar-refractivity contribution in [1.29, 1.82) is 0 Å². The molecular weight excluding hydrogens is 284 g/mol. The maximum Gasteiger partial charge on any atom is 0.181 e. The molecule has 0 aromatic heterocycles. The number of hydrogen-bond acceptors (Lipinski definition) is 6. The molecule has 0 aliphatic heterocycles. The molecule has 2 rings (SSSR count). The Labute approximate surface area is 128 Å². The predicted molar refractivity (Wildman–Crippen MR) is 85.0 cm³/mol. The maximum absolute atomic E-state index is 9.79. The van der Waals surface area contributed by atoms with Gasteiger partial charge in [0.1, 0.15) is 0 Å². The number of aryl methyl sites for hydroxylation is 2. The molecular formula is C16H20N2O4. The summed E-state index contributed by atoms with van der Waals surface area (Å²) in [6.07, 6.45) is 2.62. The average Bonchev–Trinajstić information content (AvgIpc) is 2.50. The largest absolute Gasteiger partial charge is 0.504 e. The van der Waals surface area contributed by atoms with E-state index in [4.69, 9.17) is 11.5 Å². The van der Waals surface area contributed by atoms with E-state index in [1.807, 2.05) is 0 Å². The monoisotopic (exact) mass is 304 g/mol. The van der Waals surface area contributed by atoms with Crippen LogP contribution in [0.1, 0.15) is 24.0 Å². The lowest BCUT2D eigenvalue weighted by atomic mass is 10.0. The molecule has 0 aliphatic carbocycles. The van der Waals surface area contributed by atoms with Gasteiger partial charge in [-0.1, -0.05) is 12.1 Å². The van der Waals surface area contributed by atoms with Gasteiger partial charge < -0.3 is 31.9 Å². The molecule has 6 nitrogen and oxygen atoms in total. The third-order valence-electron chi connectivity index (χ3n) is 3.67. The van der Waals surface area contributed by atoms with Crippen LogP contribution in [0, 0.1) is 0 Å². The molecule has 118 valence electrons. The van der Waals surface area contributed by atoms with E-state index in [1.54, 1.807) is 24.3 Å². The zero-order chi connectivity index (χ0) is 16.3. The van der Waals surface area contributed by atoms with E-state index in [0.717, 1.165) is 12.8 Å². The van der Waals surface area contributed by atoms with Gasteiger partial charge in [0, 0.05) is 0 Å². The Bertz CT molecular complexity index is 627. The van der Waals surface area contributed by atoms with Crippen LogP contribution in [0.2, 0.25) is 0 Å². The first-order valence-corrected chi connectivity index (χ1v) is 7.00. The number of aromatic hydroxyl groups is 4. The number of unbranched alkanes of at least 4 members (excludes halogenated alkanes) is 1. The van der Waals surface area contributed by atoms with Gasteiger partial charge in [0.15, 0.2) is 23.0 Å². The minimum atomic E-state index is -0.293. The van der Waals surface area contributed by atoms with Crippen LogP contribution >= 0.6 is 0 Å². The summed E-state index contributed by atoms with van der Waals surface area (Å²) >= 11 is 0. The predicted octanol–water partition coefficient (Wildman–Crippen LogP) is 2.24. The molecule has 0 heterocycles. The number of nitrogens with two attached hydrogens (primary N) is 2. The summed E-state index contributed by atoms with van der Waals surface area (Å²) in [5.41, 5.74) is 12.5. The highest BCUT2D eigenvalue weighted by atomic mass is 16.3. The van der Waals surface area contributed by atoms with Gasteiger partial charge in [-0.3, -0.25) is 0 Å². The van der Waals surface area contributed by atoms with Crippen LogP contribution in [0.15, 0.2) is 24.3 Å². The number of anilines is 2. The SMILES string of the molecule is Nc1ccc(CCCCc2ccc(N)c(O)c2O)c(O)c1O. The first kappa shape index (κ1) is 15.6. The van der Waals surface area contributed by atoms with Gasteiger partial charge in [-0.25, -0.2) is 0 Å². The third-order valence-corrected chi connectivity index (χ3v) is 3.67. The molecule has 0 radical (unpaired) electrons. The van der Waals surface area contributed by atoms with Crippen LogP contribution < -0.4 is 11.5 Å². The Morgan fingerprint density at radius 1 is 0.591 bits per heavy atom. The zero-order valence-electron chi connectivity index (χ0n) is 12.1. The lowest BCUT2D eigenvalue weighted by Crippen LogP contribution is -1.94. The lowest BCUT2D eigenvalue weighted by molar-refractivity contribution is 0.399. The van der Waals surface area contributed by atoms with E-state index < -0.39 is 0 Å². The second kappa shape index (κ2) is 6.34. The number of hydrogen-bond donors (Lipinski definition) is 6. The van der Waals surface area contributed by atoms with Crippen molar-refractivity contribution >= 4 is 11.4 Å². The van der Waals surface area contributed by atoms with E-state index in [2.05, 4.69) is 0 Å². The fourth-order valence-corrected chi connectivity index (χ4v) is 2.31. The van der Waals surface area contributed by atoms with Crippen molar-refractivity contribution < 1.29 is 20.4 Å². The summed E-state index contributed by atoms with van der Waals surface area (Å²) in [5, 5.41) is 38.7. The molecule has 0 amide bonds.